The highest BCUT2D eigenvalue weighted by Gasteiger charge is 2.31. The second-order valence-corrected chi connectivity index (χ2v) is 5.09. The van der Waals surface area contributed by atoms with Crippen LogP contribution < -0.4 is 0 Å². The van der Waals surface area contributed by atoms with Crippen molar-refractivity contribution in [3.8, 4) is 0 Å². The molecule has 0 N–H and O–H groups in total. The quantitative estimate of drug-likeness (QED) is 0.827. The van der Waals surface area contributed by atoms with E-state index in [1.807, 2.05) is 13.8 Å². The van der Waals surface area contributed by atoms with Gasteiger partial charge >= 0.3 is 6.18 Å². The molecule has 0 aliphatic carbocycles. The highest BCUT2D eigenvalue weighted by molar-refractivity contribution is 9.10. The molecule has 1 aromatic heterocycles. The van der Waals surface area contributed by atoms with Gasteiger partial charge in [0, 0.05) is 13.6 Å². The first-order valence-corrected chi connectivity index (χ1v) is 6.51. The van der Waals surface area contributed by atoms with Gasteiger partial charge in [-0.25, -0.2) is 0 Å². The molecule has 0 aliphatic rings. The van der Waals surface area contributed by atoms with Crippen molar-refractivity contribution in [2.75, 3.05) is 13.1 Å². The van der Waals surface area contributed by atoms with Gasteiger partial charge < -0.3 is 0 Å². The Morgan fingerprint density at radius 2 is 2.00 bits per heavy atom. The van der Waals surface area contributed by atoms with Crippen LogP contribution in [0.3, 0.4) is 0 Å². The van der Waals surface area contributed by atoms with E-state index in [9.17, 15) is 13.2 Å². The maximum absolute atomic E-state index is 12.5. The molecule has 104 valence electrons. The van der Waals surface area contributed by atoms with Crippen LogP contribution in [0.4, 0.5) is 13.2 Å². The van der Waals surface area contributed by atoms with Crippen molar-refractivity contribution < 1.29 is 13.2 Å². The lowest BCUT2D eigenvalue weighted by Gasteiger charge is -2.23. The van der Waals surface area contributed by atoms with Crippen molar-refractivity contribution >= 4 is 15.9 Å². The summed E-state index contributed by atoms with van der Waals surface area (Å²) in [6, 6.07) is 0. The Balaban J connectivity index is 2.83. The van der Waals surface area contributed by atoms with Gasteiger partial charge in [0.1, 0.15) is 0 Å². The third kappa shape index (κ3) is 4.28. The monoisotopic (exact) mass is 327 g/mol. The summed E-state index contributed by atoms with van der Waals surface area (Å²) in [6.45, 7) is 3.45. The molecule has 3 nitrogen and oxygen atoms in total. The number of aromatic nitrogens is 2. The minimum absolute atomic E-state index is 0.241. The normalized spacial score (nSPS) is 12.4. The first-order chi connectivity index (χ1) is 8.24. The molecular formula is C11H17BrF3N3. The summed E-state index contributed by atoms with van der Waals surface area (Å²) in [6.07, 6.45) is -3.49. The van der Waals surface area contributed by atoms with Crippen LogP contribution in [0.5, 0.6) is 0 Å². The average Bonchev–Trinajstić information content (AvgIpc) is 2.43. The Morgan fingerprint density at radius 3 is 2.39 bits per heavy atom. The van der Waals surface area contributed by atoms with Crippen molar-refractivity contribution in [3.05, 3.63) is 15.9 Å². The van der Waals surface area contributed by atoms with Crippen LogP contribution in [-0.2, 0) is 13.6 Å². The van der Waals surface area contributed by atoms with Crippen molar-refractivity contribution in [1.29, 1.82) is 0 Å². The second-order valence-electron chi connectivity index (χ2n) is 4.30. The Hall–Kier alpha value is -0.560. The highest BCUT2D eigenvalue weighted by atomic mass is 79.9. The van der Waals surface area contributed by atoms with Crippen LogP contribution in [0.15, 0.2) is 4.47 Å². The summed E-state index contributed by atoms with van der Waals surface area (Å²) in [5, 5.41) is 4.18. The molecule has 1 rings (SSSR count). The molecular weight excluding hydrogens is 311 g/mol. The summed E-state index contributed by atoms with van der Waals surface area (Å²) in [5.41, 5.74) is 1.56. The van der Waals surface area contributed by atoms with Gasteiger partial charge in [-0.05, 0) is 35.8 Å². The fraction of sp³-hybridized carbons (Fsp3) is 0.727. The maximum atomic E-state index is 12.5. The fourth-order valence-corrected chi connectivity index (χ4v) is 2.31. The van der Waals surface area contributed by atoms with Gasteiger partial charge in [-0.2, -0.15) is 18.3 Å². The minimum Gasteiger partial charge on any atom is -0.289 e. The zero-order chi connectivity index (χ0) is 13.9. The average molecular weight is 328 g/mol. The lowest BCUT2D eigenvalue weighted by atomic mass is 10.3. The SMILES string of the molecule is CCCN(Cc1c(Br)c(C)nn1C)CC(F)(F)F. The van der Waals surface area contributed by atoms with Crippen molar-refractivity contribution in [1.82, 2.24) is 14.7 Å². The smallest absolute Gasteiger partial charge is 0.289 e. The van der Waals surface area contributed by atoms with Crippen LogP contribution >= 0.6 is 15.9 Å². The van der Waals surface area contributed by atoms with E-state index in [4.69, 9.17) is 0 Å². The molecule has 0 unspecified atom stereocenters. The van der Waals surface area contributed by atoms with Crippen molar-refractivity contribution in [3.63, 3.8) is 0 Å². The molecule has 1 aromatic rings. The van der Waals surface area contributed by atoms with Gasteiger partial charge in [-0.15, -0.1) is 0 Å². The van der Waals surface area contributed by atoms with Crippen LogP contribution in [-0.4, -0.2) is 33.9 Å². The zero-order valence-electron chi connectivity index (χ0n) is 10.7. The first-order valence-electron chi connectivity index (χ1n) is 5.71. The third-order valence-corrected chi connectivity index (χ3v) is 3.61. The van der Waals surface area contributed by atoms with Gasteiger partial charge in [-0.3, -0.25) is 9.58 Å². The Bertz CT molecular complexity index is 401. The summed E-state index contributed by atoms with van der Waals surface area (Å²) >= 11 is 3.37. The lowest BCUT2D eigenvalue weighted by Crippen LogP contribution is -2.35. The molecule has 0 radical (unpaired) electrons. The third-order valence-electron chi connectivity index (χ3n) is 2.58. The fourth-order valence-electron chi connectivity index (χ4n) is 1.85. The molecule has 7 heteroatoms. The zero-order valence-corrected chi connectivity index (χ0v) is 12.3. The van der Waals surface area contributed by atoms with Crippen LogP contribution in [0.25, 0.3) is 0 Å². The summed E-state index contributed by atoms with van der Waals surface area (Å²) < 4.78 is 39.8. The molecule has 0 saturated heterocycles. The van der Waals surface area contributed by atoms with E-state index in [0.29, 0.717) is 13.0 Å². The number of hydrogen-bond donors (Lipinski definition) is 0. The molecule has 0 spiro atoms. The van der Waals surface area contributed by atoms with Gasteiger partial charge in [0.15, 0.2) is 0 Å². The van der Waals surface area contributed by atoms with Crippen molar-refractivity contribution in [2.45, 2.75) is 33.0 Å². The van der Waals surface area contributed by atoms with E-state index >= 15 is 0 Å². The van der Waals surface area contributed by atoms with E-state index in [-0.39, 0.29) is 6.54 Å². The molecule has 0 bridgehead atoms. The number of rotatable bonds is 5. The Morgan fingerprint density at radius 1 is 1.39 bits per heavy atom. The van der Waals surface area contributed by atoms with Gasteiger partial charge in [0.25, 0.3) is 0 Å². The molecule has 0 aromatic carbocycles. The van der Waals surface area contributed by atoms with E-state index in [2.05, 4.69) is 21.0 Å². The minimum atomic E-state index is -4.17. The largest absolute Gasteiger partial charge is 0.401 e. The predicted octanol–water partition coefficient (Wildman–Crippen LogP) is 3.27. The number of halogens is 4. The van der Waals surface area contributed by atoms with E-state index in [1.54, 1.807) is 11.7 Å². The summed E-state index contributed by atoms with van der Waals surface area (Å²) in [4.78, 5) is 1.39. The topological polar surface area (TPSA) is 21.1 Å². The number of alkyl halides is 3. The number of nitrogens with zero attached hydrogens (tertiary/aromatic N) is 3. The number of aryl methyl sites for hydroxylation is 2. The molecule has 0 aliphatic heterocycles. The molecule has 0 saturated carbocycles. The Labute approximate surface area is 113 Å². The molecule has 0 atom stereocenters. The molecule has 0 fully saturated rings. The second kappa shape index (κ2) is 6.06. The van der Waals surface area contributed by atoms with E-state index in [0.717, 1.165) is 15.9 Å². The maximum Gasteiger partial charge on any atom is 0.401 e. The predicted molar refractivity (Wildman–Crippen MR) is 67.3 cm³/mol. The van der Waals surface area contributed by atoms with Gasteiger partial charge in [0.05, 0.1) is 22.4 Å². The standard InChI is InChI=1S/C11H17BrF3N3/c1-4-5-18(7-11(13,14)15)6-9-10(12)8(2)16-17(9)3/h4-7H2,1-3H3. The molecule has 1 heterocycles. The first kappa shape index (κ1) is 15.5. The van der Waals surface area contributed by atoms with E-state index in [1.165, 1.54) is 4.90 Å². The van der Waals surface area contributed by atoms with E-state index < -0.39 is 12.7 Å². The molecule has 18 heavy (non-hydrogen) atoms. The number of hydrogen-bond acceptors (Lipinski definition) is 2. The van der Waals surface area contributed by atoms with Crippen LogP contribution in [0.2, 0.25) is 0 Å². The highest BCUT2D eigenvalue weighted by Crippen LogP contribution is 2.24. The summed E-state index contributed by atoms with van der Waals surface area (Å²) in [7, 11) is 1.74. The van der Waals surface area contributed by atoms with Gasteiger partial charge in [-0.1, -0.05) is 6.92 Å². The van der Waals surface area contributed by atoms with Gasteiger partial charge in [0.2, 0.25) is 0 Å². The molecule has 0 amide bonds. The van der Waals surface area contributed by atoms with Crippen LogP contribution in [0, 0.1) is 6.92 Å². The van der Waals surface area contributed by atoms with Crippen molar-refractivity contribution in [2.24, 2.45) is 7.05 Å². The summed E-state index contributed by atoms with van der Waals surface area (Å²) in [5.74, 6) is 0. The lowest BCUT2D eigenvalue weighted by molar-refractivity contribution is -0.147. The Kier molecular flexibility index (Phi) is 5.21. The van der Waals surface area contributed by atoms with Crippen LogP contribution in [0.1, 0.15) is 24.7 Å².